The second kappa shape index (κ2) is 11.7. The van der Waals surface area contributed by atoms with Crippen LogP contribution in [0, 0.1) is 12.8 Å². The van der Waals surface area contributed by atoms with Crippen molar-refractivity contribution in [2.75, 3.05) is 44.2 Å². The molecule has 0 radical (unpaired) electrons. The van der Waals surface area contributed by atoms with Crippen LogP contribution in [0.1, 0.15) is 37.3 Å². The Morgan fingerprint density at radius 2 is 1.97 bits per heavy atom. The largest absolute Gasteiger partial charge is 0.507 e. The SMILES string of the molecule is Cc1c(OCCCCN2CCN(c3ccccn3)CC2)ccc(CC(C)CC=O)c1O. The molecule has 168 valence electrons. The Kier molecular flexibility index (Phi) is 8.71. The molecule has 1 aliphatic rings. The fourth-order valence-corrected chi connectivity index (χ4v) is 4.04. The van der Waals surface area contributed by atoms with Crippen molar-refractivity contribution in [3.63, 3.8) is 0 Å². The summed E-state index contributed by atoms with van der Waals surface area (Å²) in [5.41, 5.74) is 1.66. The van der Waals surface area contributed by atoms with E-state index in [0.29, 0.717) is 25.2 Å². The maximum Gasteiger partial charge on any atom is 0.128 e. The molecule has 1 aromatic heterocycles. The van der Waals surface area contributed by atoms with E-state index in [-0.39, 0.29) is 5.92 Å². The van der Waals surface area contributed by atoms with E-state index < -0.39 is 0 Å². The maximum atomic E-state index is 10.7. The third kappa shape index (κ3) is 6.69. The van der Waals surface area contributed by atoms with Crippen molar-refractivity contribution in [1.82, 2.24) is 9.88 Å². The molecule has 1 unspecified atom stereocenters. The lowest BCUT2D eigenvalue weighted by molar-refractivity contribution is -0.108. The van der Waals surface area contributed by atoms with E-state index in [1.54, 1.807) is 0 Å². The Balaban J connectivity index is 1.35. The van der Waals surface area contributed by atoms with Crippen molar-refractivity contribution in [3.05, 3.63) is 47.7 Å². The highest BCUT2D eigenvalue weighted by molar-refractivity contribution is 5.51. The number of nitrogens with zero attached hydrogens (tertiary/aromatic N) is 3. The number of rotatable bonds is 11. The summed E-state index contributed by atoms with van der Waals surface area (Å²) in [4.78, 5) is 20.0. The Morgan fingerprint density at radius 3 is 2.68 bits per heavy atom. The smallest absolute Gasteiger partial charge is 0.128 e. The number of hydrogen-bond acceptors (Lipinski definition) is 6. The second-order valence-corrected chi connectivity index (χ2v) is 8.48. The third-order valence-corrected chi connectivity index (χ3v) is 6.00. The van der Waals surface area contributed by atoms with Crippen LogP contribution < -0.4 is 9.64 Å². The summed E-state index contributed by atoms with van der Waals surface area (Å²) in [6.07, 6.45) is 6.07. The molecule has 1 fully saturated rings. The molecule has 1 saturated heterocycles. The van der Waals surface area contributed by atoms with Gasteiger partial charge in [-0.25, -0.2) is 4.98 Å². The van der Waals surface area contributed by atoms with Crippen molar-refractivity contribution in [2.45, 2.75) is 39.5 Å². The molecule has 6 nitrogen and oxygen atoms in total. The minimum atomic E-state index is 0.223. The molecular weight excluding hydrogens is 390 g/mol. The minimum absolute atomic E-state index is 0.223. The summed E-state index contributed by atoms with van der Waals surface area (Å²) in [6, 6.07) is 9.92. The number of carbonyl (C=O) groups is 1. The highest BCUT2D eigenvalue weighted by Gasteiger charge is 2.17. The van der Waals surface area contributed by atoms with E-state index in [0.717, 1.165) is 74.5 Å². The van der Waals surface area contributed by atoms with Crippen LogP contribution in [-0.2, 0) is 11.2 Å². The third-order valence-electron chi connectivity index (χ3n) is 6.00. The zero-order valence-electron chi connectivity index (χ0n) is 18.8. The number of pyridine rings is 1. The normalized spacial score (nSPS) is 15.6. The lowest BCUT2D eigenvalue weighted by Gasteiger charge is -2.35. The van der Waals surface area contributed by atoms with Gasteiger partial charge >= 0.3 is 0 Å². The predicted molar refractivity (Wildman–Crippen MR) is 124 cm³/mol. The molecule has 0 saturated carbocycles. The van der Waals surface area contributed by atoms with Gasteiger partial charge in [-0.1, -0.05) is 19.1 Å². The lowest BCUT2D eigenvalue weighted by Crippen LogP contribution is -2.46. The molecule has 0 amide bonds. The number of aldehydes is 1. The molecule has 1 N–H and O–H groups in total. The number of benzene rings is 1. The van der Waals surface area contributed by atoms with Crippen molar-refractivity contribution in [3.8, 4) is 11.5 Å². The average Bonchev–Trinajstić information content (AvgIpc) is 2.79. The van der Waals surface area contributed by atoms with Gasteiger partial charge in [0.1, 0.15) is 23.6 Å². The fourth-order valence-electron chi connectivity index (χ4n) is 4.04. The molecule has 0 aliphatic carbocycles. The standard InChI is InChI=1S/C25H35N3O3/c1-20(10-17-29)19-22-8-9-23(21(2)25(22)30)31-18-6-5-12-27-13-15-28(16-14-27)24-7-3-4-11-26-24/h3-4,7-9,11,17,20,30H,5-6,10,12-16,18-19H2,1-2H3. The van der Waals surface area contributed by atoms with Crippen LogP contribution in [0.2, 0.25) is 0 Å². The lowest BCUT2D eigenvalue weighted by atomic mass is 9.96. The molecule has 2 heterocycles. The summed E-state index contributed by atoms with van der Waals surface area (Å²) in [5.74, 6) is 2.33. The Bertz CT molecular complexity index is 820. The molecule has 1 aromatic carbocycles. The number of phenolic OH excluding ortho intramolecular Hbond substituents is 1. The summed E-state index contributed by atoms with van der Waals surface area (Å²) < 4.78 is 5.94. The summed E-state index contributed by atoms with van der Waals surface area (Å²) in [5, 5.41) is 10.5. The van der Waals surface area contributed by atoms with Gasteiger partial charge in [0.05, 0.1) is 6.61 Å². The average molecular weight is 426 g/mol. The van der Waals surface area contributed by atoms with Gasteiger partial charge in [0.25, 0.3) is 0 Å². The topological polar surface area (TPSA) is 65.9 Å². The maximum absolute atomic E-state index is 10.7. The number of piperazine rings is 1. The molecule has 31 heavy (non-hydrogen) atoms. The molecule has 1 atom stereocenters. The number of ether oxygens (including phenoxy) is 1. The van der Waals surface area contributed by atoms with Crippen LogP contribution in [0.25, 0.3) is 0 Å². The van der Waals surface area contributed by atoms with Crippen molar-refractivity contribution in [1.29, 1.82) is 0 Å². The first kappa shape index (κ1) is 23.1. The van der Waals surface area contributed by atoms with Gasteiger partial charge in [-0.2, -0.15) is 0 Å². The fraction of sp³-hybridized carbons (Fsp3) is 0.520. The van der Waals surface area contributed by atoms with E-state index in [2.05, 4.69) is 20.9 Å². The van der Waals surface area contributed by atoms with Gasteiger partial charge in [0.15, 0.2) is 0 Å². The molecule has 6 heteroatoms. The van der Waals surface area contributed by atoms with E-state index in [1.807, 2.05) is 44.3 Å². The zero-order valence-corrected chi connectivity index (χ0v) is 18.8. The Hall–Kier alpha value is -2.60. The second-order valence-electron chi connectivity index (χ2n) is 8.48. The molecule has 0 bridgehead atoms. The monoisotopic (exact) mass is 425 g/mol. The number of aromatic hydroxyl groups is 1. The Labute approximate surface area is 185 Å². The van der Waals surface area contributed by atoms with Gasteiger partial charge < -0.3 is 19.5 Å². The molecule has 3 rings (SSSR count). The van der Waals surface area contributed by atoms with Crippen LogP contribution in [0.3, 0.4) is 0 Å². The zero-order chi connectivity index (χ0) is 22.1. The number of phenols is 1. The first-order chi connectivity index (χ1) is 15.1. The van der Waals surface area contributed by atoms with Gasteiger partial charge in [0, 0.05) is 44.4 Å². The number of carbonyl (C=O) groups excluding carboxylic acids is 1. The van der Waals surface area contributed by atoms with E-state index in [4.69, 9.17) is 4.74 Å². The molecule has 2 aromatic rings. The van der Waals surface area contributed by atoms with Gasteiger partial charge in [-0.05, 0) is 62.4 Å². The van der Waals surface area contributed by atoms with Crippen LogP contribution in [-0.4, -0.2) is 60.6 Å². The van der Waals surface area contributed by atoms with Crippen LogP contribution >= 0.6 is 0 Å². The minimum Gasteiger partial charge on any atom is -0.507 e. The Morgan fingerprint density at radius 1 is 1.16 bits per heavy atom. The van der Waals surface area contributed by atoms with Gasteiger partial charge in [0.2, 0.25) is 0 Å². The summed E-state index contributed by atoms with van der Waals surface area (Å²) in [6.45, 7) is 9.80. The highest BCUT2D eigenvalue weighted by Crippen LogP contribution is 2.32. The quantitative estimate of drug-likeness (QED) is 0.436. The first-order valence-corrected chi connectivity index (χ1v) is 11.3. The van der Waals surface area contributed by atoms with Crippen molar-refractivity contribution >= 4 is 12.1 Å². The van der Waals surface area contributed by atoms with Crippen LogP contribution in [0.4, 0.5) is 5.82 Å². The number of anilines is 1. The van der Waals surface area contributed by atoms with Crippen molar-refractivity contribution < 1.29 is 14.6 Å². The highest BCUT2D eigenvalue weighted by atomic mass is 16.5. The van der Waals surface area contributed by atoms with Gasteiger partial charge in [-0.15, -0.1) is 0 Å². The molecule has 1 aliphatic heterocycles. The number of aromatic nitrogens is 1. The van der Waals surface area contributed by atoms with Crippen LogP contribution in [0.15, 0.2) is 36.5 Å². The predicted octanol–water partition coefficient (Wildman–Crippen LogP) is 3.84. The molecular formula is C25H35N3O3. The van der Waals surface area contributed by atoms with E-state index in [1.165, 1.54) is 0 Å². The summed E-state index contributed by atoms with van der Waals surface area (Å²) in [7, 11) is 0. The summed E-state index contributed by atoms with van der Waals surface area (Å²) >= 11 is 0. The van der Waals surface area contributed by atoms with E-state index >= 15 is 0 Å². The molecule has 0 spiro atoms. The van der Waals surface area contributed by atoms with Crippen molar-refractivity contribution in [2.24, 2.45) is 5.92 Å². The van der Waals surface area contributed by atoms with Crippen LogP contribution in [0.5, 0.6) is 11.5 Å². The number of hydrogen-bond donors (Lipinski definition) is 1. The first-order valence-electron chi connectivity index (χ1n) is 11.3. The van der Waals surface area contributed by atoms with E-state index in [9.17, 15) is 9.90 Å². The van der Waals surface area contributed by atoms with Gasteiger partial charge in [-0.3, -0.25) is 4.90 Å². The number of unbranched alkanes of at least 4 members (excludes halogenated alkanes) is 1.